The second-order valence-electron chi connectivity index (χ2n) is 16.4. The number of nitrogens with one attached hydrogen (secondary N) is 3. The summed E-state index contributed by atoms with van der Waals surface area (Å²) in [6.45, 7) is 13.3. The molecule has 0 spiro atoms. The molecular formula is C38H57B9Cl2F4N6O7-. The van der Waals surface area contributed by atoms with Gasteiger partial charge in [0.25, 0.3) is 11.8 Å². The maximum absolute atomic E-state index is 14.6. The van der Waals surface area contributed by atoms with Crippen molar-refractivity contribution in [3.63, 3.8) is 0 Å². The lowest BCUT2D eigenvalue weighted by Crippen LogP contribution is -2.55. The Morgan fingerprint density at radius 1 is 0.758 bits per heavy atom. The molecule has 2 aliphatic heterocycles. The Morgan fingerprint density at radius 2 is 1.08 bits per heavy atom. The van der Waals surface area contributed by atoms with Crippen LogP contribution in [0.5, 0.6) is 0 Å². The second kappa shape index (κ2) is 29.5. The molecule has 4 rings (SSSR count). The number of alkyl halides is 4. The van der Waals surface area contributed by atoms with Crippen LogP contribution in [0.25, 0.3) is 0 Å². The molecule has 0 aliphatic carbocycles. The highest BCUT2D eigenvalue weighted by Gasteiger charge is 2.46. The fraction of sp³-hybridized carbons (Fsp3) is 0.579. The van der Waals surface area contributed by atoms with Crippen molar-refractivity contribution < 1.29 is 51.3 Å². The number of ether oxygens (including phenoxy) is 2. The zero-order valence-electron chi connectivity index (χ0n) is 37.5. The molecule has 66 heavy (non-hydrogen) atoms. The van der Waals surface area contributed by atoms with Crippen LogP contribution in [0.4, 0.5) is 27.2 Å². The van der Waals surface area contributed by atoms with E-state index >= 15 is 0 Å². The zero-order chi connectivity index (χ0) is 51.2. The van der Waals surface area contributed by atoms with Crippen LogP contribution in [0.3, 0.4) is 0 Å². The first-order valence-corrected chi connectivity index (χ1v) is 21.0. The molecule has 2 aliphatic rings. The monoisotopic (exact) mass is 954 g/mol. The van der Waals surface area contributed by atoms with Crippen molar-refractivity contribution in [2.75, 3.05) is 26.2 Å². The van der Waals surface area contributed by atoms with Crippen LogP contribution in [-0.4, -0.2) is 162 Å². The number of rotatable bonds is 9. The first kappa shape index (κ1) is 62.7. The van der Waals surface area contributed by atoms with Crippen LogP contribution in [0.1, 0.15) is 78.4 Å². The van der Waals surface area contributed by atoms with Crippen molar-refractivity contribution in [3.8, 4) is 0 Å². The Bertz CT molecular complexity index is 1760. The quantitative estimate of drug-likeness (QED) is 0.160. The highest BCUT2D eigenvalue weighted by Crippen LogP contribution is 2.33. The summed E-state index contributed by atoms with van der Waals surface area (Å²) in [7, 11) is 26.0. The molecule has 351 valence electrons. The predicted octanol–water partition coefficient (Wildman–Crippen LogP) is 2.15. The molecule has 2 unspecified atom stereocenters. The van der Waals surface area contributed by atoms with Crippen LogP contribution >= 0.6 is 23.2 Å². The first-order valence-electron chi connectivity index (χ1n) is 20.2. The third kappa shape index (κ3) is 26.3. The van der Waals surface area contributed by atoms with Gasteiger partial charge in [0.1, 0.15) is 11.2 Å². The SMILES string of the molecule is CC(C)(C)OC(=O)NC1CCN(C(=O)C(N)C(F)(F)c2ccc(Cl)cc2)CC1.CC(C)(C)OC(=O)NC1CCNCC1.NC(C(=O)O)C(F)(F)c1ccc(Cl)cc1.[B]B([B])[BH3-].[B][B]B([B])[B]. The summed E-state index contributed by atoms with van der Waals surface area (Å²) in [5.41, 5.74) is 8.65. The van der Waals surface area contributed by atoms with Crippen molar-refractivity contribution in [1.82, 2.24) is 20.9 Å². The van der Waals surface area contributed by atoms with Gasteiger partial charge in [-0.1, -0.05) is 55.2 Å². The minimum absolute atomic E-state index is 0.0833. The molecule has 28 heteroatoms. The maximum atomic E-state index is 14.6. The van der Waals surface area contributed by atoms with E-state index in [0.29, 0.717) is 22.9 Å². The molecule has 2 atom stereocenters. The number of hydrogen-bond acceptors (Lipinski definition) is 9. The average Bonchev–Trinajstić information content (AvgIpc) is 3.20. The van der Waals surface area contributed by atoms with E-state index in [1.54, 1.807) is 20.8 Å². The molecule has 11 radical (unpaired) electrons. The van der Waals surface area contributed by atoms with Gasteiger partial charge in [0.2, 0.25) is 5.91 Å². The Balaban J connectivity index is 0.000000936. The number of nitrogens with two attached hydrogens (primary N) is 2. The van der Waals surface area contributed by atoms with Crippen molar-refractivity contribution in [2.45, 2.75) is 114 Å². The largest absolute Gasteiger partial charge is 0.480 e. The molecule has 13 nitrogen and oxygen atoms in total. The summed E-state index contributed by atoms with van der Waals surface area (Å²) in [5, 5.41) is 17.9. The number of nitrogens with zero attached hydrogens (tertiary/aromatic N) is 1. The smallest absolute Gasteiger partial charge is 0.407 e. The van der Waals surface area contributed by atoms with Gasteiger partial charge in [-0.05, 0) is 120 Å². The zero-order valence-corrected chi connectivity index (χ0v) is 39.0. The average molecular weight is 954 g/mol. The van der Waals surface area contributed by atoms with E-state index in [0.717, 1.165) is 50.2 Å². The molecule has 3 amide bonds. The summed E-state index contributed by atoms with van der Waals surface area (Å²) in [5.74, 6) is -9.71. The third-order valence-electron chi connectivity index (χ3n) is 8.58. The number of halogens is 6. The van der Waals surface area contributed by atoms with Gasteiger partial charge in [0.05, 0.1) is 0 Å². The highest BCUT2D eigenvalue weighted by molar-refractivity contribution is 7.60. The van der Waals surface area contributed by atoms with Gasteiger partial charge in [0.15, 0.2) is 12.1 Å². The number of carboxylic acid groups (broad SMARTS) is 1. The molecule has 2 aromatic carbocycles. The normalized spacial score (nSPS) is 15.3. The Morgan fingerprint density at radius 3 is 1.38 bits per heavy atom. The summed E-state index contributed by atoms with van der Waals surface area (Å²) < 4.78 is 66.3. The molecule has 2 saturated heterocycles. The van der Waals surface area contributed by atoms with E-state index in [9.17, 15) is 36.7 Å². The summed E-state index contributed by atoms with van der Waals surface area (Å²) in [4.78, 5) is 47.3. The Hall–Kier alpha value is -3.32. The molecule has 0 saturated carbocycles. The third-order valence-corrected chi connectivity index (χ3v) is 9.09. The molecule has 2 heterocycles. The molecule has 8 N–H and O–H groups in total. The minimum atomic E-state index is -3.61. The highest BCUT2D eigenvalue weighted by atomic mass is 35.5. The van der Waals surface area contributed by atoms with Crippen molar-refractivity contribution in [2.24, 2.45) is 11.5 Å². The topological polar surface area (TPSA) is 198 Å². The number of likely N-dealkylation sites (tertiary alicyclic amines) is 1. The van der Waals surface area contributed by atoms with Crippen LogP contribution in [0.15, 0.2) is 48.5 Å². The number of carbonyl (C=O) groups is 4. The van der Waals surface area contributed by atoms with E-state index in [1.165, 1.54) is 36.2 Å². The van der Waals surface area contributed by atoms with Gasteiger partial charge in [-0.25, -0.2) is 9.59 Å². The predicted molar refractivity (Wildman–Crippen MR) is 264 cm³/mol. The number of amides is 3. The summed E-state index contributed by atoms with van der Waals surface area (Å²) in [6, 6.07) is 5.39. The second-order valence-corrected chi connectivity index (χ2v) is 17.3. The van der Waals surface area contributed by atoms with Gasteiger partial charge in [-0.3, -0.25) is 9.59 Å². The van der Waals surface area contributed by atoms with Gasteiger partial charge in [-0.2, -0.15) is 17.6 Å². The van der Waals surface area contributed by atoms with E-state index in [1.807, 2.05) is 20.8 Å². The number of alkyl carbamates (subject to hydrolysis) is 2. The molecule has 0 bridgehead atoms. The first-order chi connectivity index (χ1) is 30.2. The van der Waals surface area contributed by atoms with Gasteiger partial charge in [0, 0.05) is 83.0 Å². The fourth-order valence-corrected chi connectivity index (χ4v) is 5.62. The van der Waals surface area contributed by atoms with E-state index < -0.39 is 65.0 Å². The molecule has 0 aromatic heterocycles. The van der Waals surface area contributed by atoms with Gasteiger partial charge < -0.3 is 46.9 Å². The van der Waals surface area contributed by atoms with Crippen LogP contribution in [-0.2, 0) is 30.9 Å². The lowest BCUT2D eigenvalue weighted by Gasteiger charge is -2.35. The van der Waals surface area contributed by atoms with E-state index in [4.69, 9.17) is 87.9 Å². The van der Waals surface area contributed by atoms with Crippen molar-refractivity contribution >= 4 is 114 Å². The number of benzene rings is 2. The molecule has 2 fully saturated rings. The van der Waals surface area contributed by atoms with Gasteiger partial charge >= 0.3 is 18.2 Å². The maximum Gasteiger partial charge on any atom is 0.407 e. The molecular weight excluding hydrogens is 897 g/mol. The number of hydrogen-bond donors (Lipinski definition) is 6. The lowest BCUT2D eigenvalue weighted by atomic mass is 8.97. The summed E-state index contributed by atoms with van der Waals surface area (Å²) >= 11 is 11.2. The van der Waals surface area contributed by atoms with Crippen LogP contribution in [0, 0.1) is 0 Å². The summed E-state index contributed by atoms with van der Waals surface area (Å²) in [6.07, 6.45) is 1.62. The minimum Gasteiger partial charge on any atom is -0.480 e. The Labute approximate surface area is 405 Å². The number of aliphatic carboxylic acids is 1. The Kier molecular flexibility index (Phi) is 28.1. The van der Waals surface area contributed by atoms with E-state index in [-0.39, 0.29) is 51.0 Å². The fourth-order valence-electron chi connectivity index (χ4n) is 5.37. The standard InChI is InChI=1S/C19H26ClF2N3O3.C10H20N2O2.C9H8ClF2NO2.B5.B4H3/c1-18(2,3)28-17(27)24-14-8-10-25(11-9-14)16(26)15(23)19(21,22)12-4-6-13(20)7-5-12;1-10(2,3)14-9(13)12-8-4-6-11-7-5-8;10-6-3-1-5(2-4-6)9(11,12)7(13)8(14)15;1-4-5(2)3;1-4(2)3/h4-7,14-15H,8-11,23H2,1-3H3,(H,24,27);8,11H,4-7H2,1-3H3,(H,12,13);1-4,7H,13H2,(H,14,15);;1H3/q;;;;-1. The van der Waals surface area contributed by atoms with Crippen LogP contribution < -0.4 is 27.4 Å². The lowest BCUT2D eigenvalue weighted by molar-refractivity contribution is -0.149. The van der Waals surface area contributed by atoms with E-state index in [2.05, 4.69) is 16.0 Å². The number of piperidine rings is 2. The number of carbonyl (C=O) groups excluding carboxylic acids is 3. The molecule has 2 aromatic rings. The van der Waals surface area contributed by atoms with Crippen molar-refractivity contribution in [3.05, 3.63) is 69.7 Å². The van der Waals surface area contributed by atoms with Crippen molar-refractivity contribution in [1.29, 1.82) is 0 Å². The van der Waals surface area contributed by atoms with Crippen LogP contribution in [0.2, 0.25) is 10.0 Å². The van der Waals surface area contributed by atoms with Gasteiger partial charge in [-0.15, -0.1) is 6.39 Å². The number of carboxylic acids is 1.